The van der Waals surface area contributed by atoms with Gasteiger partial charge in [0.25, 0.3) is 0 Å². The highest BCUT2D eigenvalue weighted by molar-refractivity contribution is 5.84. The molecule has 1 aromatic heterocycles. The predicted molar refractivity (Wildman–Crippen MR) is 175 cm³/mol. The number of aromatic nitrogens is 1. The van der Waals surface area contributed by atoms with Crippen molar-refractivity contribution in [3.8, 4) is 0 Å². The fourth-order valence-electron chi connectivity index (χ4n) is 4.53. The van der Waals surface area contributed by atoms with Crippen LogP contribution in [0.1, 0.15) is 107 Å². The second-order valence-electron chi connectivity index (χ2n) is 9.79. The molecule has 2 aliphatic rings. The lowest BCUT2D eigenvalue weighted by Crippen LogP contribution is -2.00. The molecule has 1 heterocycles. The Hall–Kier alpha value is -3.45. The first kappa shape index (κ1) is 31.8. The van der Waals surface area contributed by atoms with Crippen LogP contribution in [0.2, 0.25) is 0 Å². The normalized spacial score (nSPS) is 12.5. The SMILES string of the molecule is C=C(CC)c1cc(C2=CC=CC2)nc2c1C(C)=CC2.CC.CCC.CCc1ccc(Cc2ccccc2)cc1. The Kier molecular flexibility index (Phi) is 14.0. The molecule has 0 N–H and O–H groups in total. The smallest absolute Gasteiger partial charge is 0.0674 e. The maximum atomic E-state index is 4.86. The molecule has 39 heavy (non-hydrogen) atoms. The molecule has 0 bridgehead atoms. The minimum Gasteiger partial charge on any atom is -0.252 e. The Labute approximate surface area is 239 Å². The number of aryl methyl sites for hydroxylation is 1. The molecule has 1 nitrogen and oxygen atoms in total. The molecule has 0 atom stereocenters. The van der Waals surface area contributed by atoms with Crippen LogP contribution in [-0.2, 0) is 19.3 Å². The molecule has 2 aromatic carbocycles. The van der Waals surface area contributed by atoms with Crippen molar-refractivity contribution >= 4 is 16.7 Å². The Bertz CT molecular complexity index is 1250. The average molecular weight is 520 g/mol. The van der Waals surface area contributed by atoms with Gasteiger partial charge in [-0.3, -0.25) is 4.98 Å². The van der Waals surface area contributed by atoms with Crippen molar-refractivity contribution in [1.29, 1.82) is 0 Å². The molecule has 0 amide bonds. The van der Waals surface area contributed by atoms with Crippen molar-refractivity contribution in [2.24, 2.45) is 0 Å². The van der Waals surface area contributed by atoms with Gasteiger partial charge in [-0.25, -0.2) is 0 Å². The van der Waals surface area contributed by atoms with E-state index >= 15 is 0 Å². The quantitative estimate of drug-likeness (QED) is 0.315. The Morgan fingerprint density at radius 3 is 2.03 bits per heavy atom. The lowest BCUT2D eigenvalue weighted by atomic mass is 9.94. The molecule has 0 radical (unpaired) electrons. The van der Waals surface area contributed by atoms with Crippen LogP contribution in [0.25, 0.3) is 16.7 Å². The summed E-state index contributed by atoms with van der Waals surface area (Å²) in [7, 11) is 0. The fraction of sp³-hybridized carbons (Fsp3) is 0.342. The molecule has 0 spiro atoms. The summed E-state index contributed by atoms with van der Waals surface area (Å²) in [6, 6.07) is 21.7. The maximum Gasteiger partial charge on any atom is 0.0674 e. The zero-order chi connectivity index (χ0) is 28.6. The Morgan fingerprint density at radius 2 is 1.46 bits per heavy atom. The Morgan fingerprint density at radius 1 is 0.846 bits per heavy atom. The third-order valence-corrected chi connectivity index (χ3v) is 6.68. The largest absolute Gasteiger partial charge is 0.252 e. The lowest BCUT2D eigenvalue weighted by molar-refractivity contribution is 1.09. The molecule has 0 saturated carbocycles. The number of hydrogen-bond donors (Lipinski definition) is 0. The number of rotatable bonds is 6. The number of allylic oxidation sites excluding steroid dienone is 7. The molecule has 206 valence electrons. The first-order chi connectivity index (χ1) is 19.0. The number of fused-ring (bicyclic) bond motifs is 1. The number of pyridine rings is 1. The number of hydrogen-bond acceptors (Lipinski definition) is 1. The third kappa shape index (κ3) is 9.36. The topological polar surface area (TPSA) is 12.9 Å². The number of benzene rings is 2. The predicted octanol–water partition coefficient (Wildman–Crippen LogP) is 11.1. The molecular formula is C38H49N. The molecular weight excluding hydrogens is 470 g/mol. The van der Waals surface area contributed by atoms with Gasteiger partial charge in [0.1, 0.15) is 0 Å². The van der Waals surface area contributed by atoms with E-state index in [1.165, 1.54) is 56.7 Å². The third-order valence-electron chi connectivity index (χ3n) is 6.68. The summed E-state index contributed by atoms with van der Waals surface area (Å²) < 4.78 is 0. The van der Waals surface area contributed by atoms with Crippen molar-refractivity contribution < 1.29 is 0 Å². The van der Waals surface area contributed by atoms with Crippen LogP contribution in [0, 0.1) is 0 Å². The number of nitrogens with zero attached hydrogens (tertiary/aromatic N) is 1. The van der Waals surface area contributed by atoms with Crippen LogP contribution in [0.15, 0.2) is 91.5 Å². The van der Waals surface area contributed by atoms with E-state index in [0.29, 0.717) is 0 Å². The van der Waals surface area contributed by atoms with Crippen molar-refractivity contribution in [3.05, 3.63) is 131 Å². The summed E-state index contributed by atoms with van der Waals surface area (Å²) >= 11 is 0. The van der Waals surface area contributed by atoms with Crippen molar-refractivity contribution in [2.45, 2.75) is 87.0 Å². The van der Waals surface area contributed by atoms with Gasteiger partial charge in [-0.15, -0.1) is 0 Å². The van der Waals surface area contributed by atoms with Gasteiger partial charge in [0.05, 0.1) is 11.4 Å². The zero-order valence-electron chi connectivity index (χ0n) is 25.5. The monoisotopic (exact) mass is 519 g/mol. The van der Waals surface area contributed by atoms with Gasteiger partial charge in [0.2, 0.25) is 0 Å². The average Bonchev–Trinajstić information content (AvgIpc) is 3.66. The second-order valence-corrected chi connectivity index (χ2v) is 9.79. The van der Waals surface area contributed by atoms with Gasteiger partial charge in [-0.1, -0.05) is 133 Å². The van der Waals surface area contributed by atoms with Crippen LogP contribution in [0.4, 0.5) is 0 Å². The van der Waals surface area contributed by atoms with Crippen molar-refractivity contribution in [3.63, 3.8) is 0 Å². The minimum absolute atomic E-state index is 0.958. The summed E-state index contributed by atoms with van der Waals surface area (Å²) in [6.07, 6.45) is 15.1. The van der Waals surface area contributed by atoms with Gasteiger partial charge in [-0.05, 0) is 77.6 Å². The van der Waals surface area contributed by atoms with Crippen LogP contribution >= 0.6 is 0 Å². The maximum absolute atomic E-state index is 4.86. The lowest BCUT2D eigenvalue weighted by Gasteiger charge is -2.14. The minimum atomic E-state index is 0.958. The van der Waals surface area contributed by atoms with Crippen molar-refractivity contribution in [2.75, 3.05) is 0 Å². The van der Waals surface area contributed by atoms with E-state index in [-0.39, 0.29) is 0 Å². The van der Waals surface area contributed by atoms with Crippen LogP contribution in [0.3, 0.4) is 0 Å². The van der Waals surface area contributed by atoms with E-state index in [2.05, 4.69) is 126 Å². The standard InChI is InChI=1S/C18H19N.C15H16.C3H8.C2H6/c1-4-12(2)15-11-17(14-7-5-6-8-14)19-16-10-9-13(3)18(15)16;1-2-13-8-10-15(11-9-13)12-14-6-4-3-5-7-14;1-3-2;1-2/h5-7,9,11H,2,4,8,10H2,1,3H3;3-11H,2,12H2,1H3;3H2,1-2H3;1-2H3. The van der Waals surface area contributed by atoms with E-state index < -0.39 is 0 Å². The molecule has 2 aliphatic carbocycles. The molecule has 1 heteroatoms. The summed E-state index contributed by atoms with van der Waals surface area (Å²) in [5, 5.41) is 0. The van der Waals surface area contributed by atoms with Crippen LogP contribution < -0.4 is 0 Å². The van der Waals surface area contributed by atoms with Crippen LogP contribution in [-0.4, -0.2) is 4.98 Å². The highest BCUT2D eigenvalue weighted by Crippen LogP contribution is 2.36. The summed E-state index contributed by atoms with van der Waals surface area (Å²) in [6.45, 7) is 19.0. The van der Waals surface area contributed by atoms with E-state index in [1.807, 2.05) is 13.8 Å². The molecule has 0 fully saturated rings. The molecule has 0 saturated heterocycles. The fourth-order valence-corrected chi connectivity index (χ4v) is 4.53. The van der Waals surface area contributed by atoms with E-state index in [1.54, 1.807) is 0 Å². The summed E-state index contributed by atoms with van der Waals surface area (Å²) in [5.74, 6) is 0. The van der Waals surface area contributed by atoms with Crippen LogP contribution in [0.5, 0.6) is 0 Å². The first-order valence-electron chi connectivity index (χ1n) is 14.9. The second kappa shape index (κ2) is 17.2. The van der Waals surface area contributed by atoms with Gasteiger partial charge in [0.15, 0.2) is 0 Å². The molecule has 3 aromatic rings. The van der Waals surface area contributed by atoms with Crippen molar-refractivity contribution in [1.82, 2.24) is 4.98 Å². The highest BCUT2D eigenvalue weighted by Gasteiger charge is 2.20. The summed E-state index contributed by atoms with van der Waals surface area (Å²) in [4.78, 5) is 4.86. The zero-order valence-corrected chi connectivity index (χ0v) is 25.5. The van der Waals surface area contributed by atoms with E-state index in [0.717, 1.165) is 37.8 Å². The Balaban J connectivity index is 0.000000240. The van der Waals surface area contributed by atoms with E-state index in [9.17, 15) is 0 Å². The van der Waals surface area contributed by atoms with Gasteiger partial charge in [0, 0.05) is 12.0 Å². The van der Waals surface area contributed by atoms with E-state index in [4.69, 9.17) is 4.98 Å². The molecule has 0 aliphatic heterocycles. The summed E-state index contributed by atoms with van der Waals surface area (Å²) in [5.41, 5.74) is 13.0. The van der Waals surface area contributed by atoms with Gasteiger partial charge in [-0.2, -0.15) is 0 Å². The molecule has 5 rings (SSSR count). The van der Waals surface area contributed by atoms with Gasteiger partial charge < -0.3 is 0 Å². The van der Waals surface area contributed by atoms with Gasteiger partial charge >= 0.3 is 0 Å². The first-order valence-corrected chi connectivity index (χ1v) is 14.9. The highest BCUT2D eigenvalue weighted by atomic mass is 14.7. The molecule has 0 unspecified atom stereocenters.